The smallest absolute Gasteiger partial charge is 0.241 e. The lowest BCUT2D eigenvalue weighted by Gasteiger charge is -2.30. The van der Waals surface area contributed by atoms with Crippen molar-refractivity contribution in [3.05, 3.63) is 30.3 Å². The maximum Gasteiger partial charge on any atom is 0.241 e. The first-order valence-electron chi connectivity index (χ1n) is 6.51. The van der Waals surface area contributed by atoms with Gasteiger partial charge in [-0.05, 0) is 19.1 Å². The van der Waals surface area contributed by atoms with Gasteiger partial charge in [0.15, 0.2) is 0 Å². The van der Waals surface area contributed by atoms with Crippen LogP contribution in [0, 0.1) is 0 Å². The van der Waals surface area contributed by atoms with Crippen molar-refractivity contribution in [3.8, 4) is 11.5 Å². The maximum absolute atomic E-state index is 5.29. The van der Waals surface area contributed by atoms with Crippen molar-refractivity contribution in [2.75, 3.05) is 19.6 Å². The van der Waals surface area contributed by atoms with Gasteiger partial charge in [0.1, 0.15) is 5.69 Å². The third-order valence-corrected chi connectivity index (χ3v) is 3.17. The van der Waals surface area contributed by atoms with Crippen LogP contribution in [-0.2, 0) is 6.54 Å². The average molecular weight is 259 g/mol. The molecule has 6 nitrogen and oxygen atoms in total. The van der Waals surface area contributed by atoms with Crippen LogP contribution in [0.25, 0.3) is 11.5 Å². The predicted molar refractivity (Wildman–Crippen MR) is 70.3 cm³/mol. The zero-order valence-electron chi connectivity index (χ0n) is 10.9. The largest absolute Gasteiger partial charge is 0.337 e. The van der Waals surface area contributed by atoms with E-state index in [0.29, 0.717) is 24.3 Å². The molecular formula is C13H17N5O. The van der Waals surface area contributed by atoms with Gasteiger partial charge in [0.2, 0.25) is 11.7 Å². The molecule has 1 unspecified atom stereocenters. The molecule has 3 heterocycles. The molecule has 1 atom stereocenters. The van der Waals surface area contributed by atoms with E-state index in [2.05, 4.69) is 32.3 Å². The standard InChI is InChI=1S/C13H17N5O/c1-10-8-18(7-6-14-10)9-12-16-13(17-19-12)11-4-2-3-5-15-11/h2-5,10,14H,6-9H2,1H3. The lowest BCUT2D eigenvalue weighted by Crippen LogP contribution is -2.48. The van der Waals surface area contributed by atoms with Gasteiger partial charge in [-0.1, -0.05) is 11.2 Å². The summed E-state index contributed by atoms with van der Waals surface area (Å²) in [5, 5.41) is 7.39. The van der Waals surface area contributed by atoms with Crippen molar-refractivity contribution in [1.29, 1.82) is 0 Å². The van der Waals surface area contributed by atoms with Crippen LogP contribution in [0.2, 0.25) is 0 Å². The summed E-state index contributed by atoms with van der Waals surface area (Å²) in [6.45, 7) is 5.89. The van der Waals surface area contributed by atoms with E-state index in [0.717, 1.165) is 25.3 Å². The highest BCUT2D eigenvalue weighted by atomic mass is 16.5. The molecule has 1 aliphatic rings. The number of rotatable bonds is 3. The topological polar surface area (TPSA) is 67.1 Å². The summed E-state index contributed by atoms with van der Waals surface area (Å²) in [5.74, 6) is 1.20. The lowest BCUT2D eigenvalue weighted by atomic mass is 10.2. The highest BCUT2D eigenvalue weighted by molar-refractivity contribution is 5.46. The van der Waals surface area contributed by atoms with Gasteiger partial charge in [0.25, 0.3) is 0 Å². The van der Waals surface area contributed by atoms with E-state index in [1.54, 1.807) is 6.20 Å². The molecule has 2 aromatic heterocycles. The van der Waals surface area contributed by atoms with E-state index in [1.165, 1.54) is 0 Å². The highest BCUT2D eigenvalue weighted by Gasteiger charge is 2.18. The molecule has 1 N–H and O–H groups in total. The van der Waals surface area contributed by atoms with Crippen molar-refractivity contribution in [3.63, 3.8) is 0 Å². The molecule has 3 rings (SSSR count). The summed E-state index contributed by atoms with van der Waals surface area (Å²) >= 11 is 0. The second-order valence-corrected chi connectivity index (χ2v) is 4.82. The molecule has 0 radical (unpaired) electrons. The van der Waals surface area contributed by atoms with Crippen LogP contribution in [0.15, 0.2) is 28.9 Å². The Kier molecular flexibility index (Phi) is 3.52. The van der Waals surface area contributed by atoms with Crippen molar-refractivity contribution in [1.82, 2.24) is 25.3 Å². The Morgan fingerprint density at radius 2 is 2.42 bits per heavy atom. The number of hydrogen-bond acceptors (Lipinski definition) is 6. The Hall–Kier alpha value is -1.79. The van der Waals surface area contributed by atoms with E-state index in [-0.39, 0.29) is 0 Å². The van der Waals surface area contributed by atoms with Gasteiger partial charge in [0, 0.05) is 31.9 Å². The van der Waals surface area contributed by atoms with Crippen molar-refractivity contribution in [2.24, 2.45) is 0 Å². The van der Waals surface area contributed by atoms with E-state index < -0.39 is 0 Å². The Morgan fingerprint density at radius 3 is 3.21 bits per heavy atom. The molecule has 1 fully saturated rings. The number of piperazine rings is 1. The maximum atomic E-state index is 5.29. The molecule has 1 aliphatic heterocycles. The van der Waals surface area contributed by atoms with Crippen molar-refractivity contribution in [2.45, 2.75) is 19.5 Å². The Morgan fingerprint density at radius 1 is 1.47 bits per heavy atom. The number of aromatic nitrogens is 3. The minimum absolute atomic E-state index is 0.506. The Bertz CT molecular complexity index is 527. The van der Waals surface area contributed by atoms with E-state index in [1.807, 2.05) is 18.2 Å². The summed E-state index contributed by atoms with van der Waals surface area (Å²) in [7, 11) is 0. The molecule has 0 amide bonds. The van der Waals surface area contributed by atoms with Gasteiger partial charge >= 0.3 is 0 Å². The minimum atomic E-state index is 0.506. The molecular weight excluding hydrogens is 242 g/mol. The molecule has 2 aromatic rings. The van der Waals surface area contributed by atoms with Crippen LogP contribution in [0.1, 0.15) is 12.8 Å². The highest BCUT2D eigenvalue weighted by Crippen LogP contribution is 2.13. The minimum Gasteiger partial charge on any atom is -0.337 e. The van der Waals surface area contributed by atoms with Gasteiger partial charge in [-0.3, -0.25) is 9.88 Å². The molecule has 0 saturated carbocycles. The van der Waals surface area contributed by atoms with Crippen LogP contribution in [0.3, 0.4) is 0 Å². The molecule has 0 bridgehead atoms. The zero-order chi connectivity index (χ0) is 13.1. The number of pyridine rings is 1. The average Bonchev–Trinajstić information content (AvgIpc) is 2.88. The summed E-state index contributed by atoms with van der Waals surface area (Å²) in [5.41, 5.74) is 0.742. The van der Waals surface area contributed by atoms with E-state index in [4.69, 9.17) is 4.52 Å². The first-order chi connectivity index (χ1) is 9.31. The SMILES string of the molecule is CC1CN(Cc2nc(-c3ccccn3)no2)CCN1. The summed E-state index contributed by atoms with van der Waals surface area (Å²) in [6, 6.07) is 6.16. The van der Waals surface area contributed by atoms with Gasteiger partial charge in [-0.15, -0.1) is 0 Å². The molecule has 6 heteroatoms. The van der Waals surface area contributed by atoms with Gasteiger partial charge < -0.3 is 9.84 Å². The molecule has 0 aromatic carbocycles. The van der Waals surface area contributed by atoms with Crippen LogP contribution < -0.4 is 5.32 Å². The fraction of sp³-hybridized carbons (Fsp3) is 0.462. The fourth-order valence-corrected chi connectivity index (χ4v) is 2.27. The zero-order valence-corrected chi connectivity index (χ0v) is 10.9. The summed E-state index contributed by atoms with van der Waals surface area (Å²) in [6.07, 6.45) is 1.73. The number of nitrogens with zero attached hydrogens (tertiary/aromatic N) is 4. The van der Waals surface area contributed by atoms with Crippen molar-refractivity contribution >= 4 is 0 Å². The summed E-state index contributed by atoms with van der Waals surface area (Å²) < 4.78 is 5.29. The third kappa shape index (κ3) is 2.97. The third-order valence-electron chi connectivity index (χ3n) is 3.17. The van der Waals surface area contributed by atoms with Crippen LogP contribution in [-0.4, -0.2) is 45.7 Å². The first kappa shape index (κ1) is 12.3. The van der Waals surface area contributed by atoms with Gasteiger partial charge in [0.05, 0.1) is 6.54 Å². The van der Waals surface area contributed by atoms with E-state index in [9.17, 15) is 0 Å². The van der Waals surface area contributed by atoms with Crippen molar-refractivity contribution < 1.29 is 4.52 Å². The predicted octanol–water partition coefficient (Wildman–Crippen LogP) is 0.925. The lowest BCUT2D eigenvalue weighted by molar-refractivity contribution is 0.177. The van der Waals surface area contributed by atoms with Crippen LogP contribution in [0.5, 0.6) is 0 Å². The van der Waals surface area contributed by atoms with Crippen LogP contribution in [0.4, 0.5) is 0 Å². The molecule has 19 heavy (non-hydrogen) atoms. The van der Waals surface area contributed by atoms with Gasteiger partial charge in [-0.25, -0.2) is 0 Å². The first-order valence-corrected chi connectivity index (χ1v) is 6.51. The second kappa shape index (κ2) is 5.46. The molecule has 0 aliphatic carbocycles. The fourth-order valence-electron chi connectivity index (χ4n) is 2.27. The molecule has 100 valence electrons. The monoisotopic (exact) mass is 259 g/mol. The molecule has 1 saturated heterocycles. The summed E-state index contributed by atoms with van der Waals surface area (Å²) in [4.78, 5) is 10.9. The quantitative estimate of drug-likeness (QED) is 0.884. The van der Waals surface area contributed by atoms with E-state index >= 15 is 0 Å². The van der Waals surface area contributed by atoms with Crippen LogP contribution >= 0.6 is 0 Å². The Labute approximate surface area is 111 Å². The Balaban J connectivity index is 1.68. The second-order valence-electron chi connectivity index (χ2n) is 4.82. The number of hydrogen-bond donors (Lipinski definition) is 1. The number of nitrogens with one attached hydrogen (secondary N) is 1. The molecule has 0 spiro atoms. The van der Waals surface area contributed by atoms with Gasteiger partial charge in [-0.2, -0.15) is 4.98 Å². The normalized spacial score (nSPS) is 20.6.